The Kier molecular flexibility index (Phi) is 6.04. The summed E-state index contributed by atoms with van der Waals surface area (Å²) in [5.41, 5.74) is 7.77. The molecule has 2 amide bonds. The number of hydrogen-bond acceptors (Lipinski definition) is 3. The number of aliphatic imine (C=N–C) groups is 1. The summed E-state index contributed by atoms with van der Waals surface area (Å²) < 4.78 is 5.19. The molecule has 0 radical (unpaired) electrons. The van der Waals surface area contributed by atoms with Gasteiger partial charge >= 0.3 is 6.03 Å². The molecule has 136 valence electrons. The van der Waals surface area contributed by atoms with Gasteiger partial charge in [-0.1, -0.05) is 36.4 Å². The number of rotatable bonds is 4. The Bertz CT molecular complexity index is 894. The smallest absolute Gasteiger partial charge is 0.337 e. The molecule has 6 heteroatoms. The molecule has 6 nitrogen and oxygen atoms in total. The SMILES string of the molecule is COc1ccc(C(=Nc2ccccc2)NNC(=O)Nc2ccccc2)cc1. The van der Waals surface area contributed by atoms with Crippen LogP contribution in [0.15, 0.2) is 89.9 Å². The third kappa shape index (κ3) is 5.34. The maximum atomic E-state index is 12.1. The zero-order valence-corrected chi connectivity index (χ0v) is 14.8. The van der Waals surface area contributed by atoms with Crippen molar-refractivity contribution in [2.24, 2.45) is 4.99 Å². The minimum absolute atomic E-state index is 0.393. The molecule has 0 saturated heterocycles. The first-order chi connectivity index (χ1) is 13.2. The second-order valence-electron chi connectivity index (χ2n) is 5.59. The van der Waals surface area contributed by atoms with Gasteiger partial charge < -0.3 is 10.1 Å². The van der Waals surface area contributed by atoms with Gasteiger partial charge in [-0.05, 0) is 48.5 Å². The van der Waals surface area contributed by atoms with Gasteiger partial charge in [0, 0.05) is 11.3 Å². The maximum Gasteiger partial charge on any atom is 0.337 e. The van der Waals surface area contributed by atoms with Crippen molar-refractivity contribution in [1.82, 2.24) is 10.9 Å². The highest BCUT2D eigenvalue weighted by atomic mass is 16.5. The van der Waals surface area contributed by atoms with E-state index in [1.165, 1.54) is 0 Å². The number of anilines is 1. The van der Waals surface area contributed by atoms with E-state index >= 15 is 0 Å². The molecule has 0 bridgehead atoms. The molecule has 3 aromatic carbocycles. The molecule has 27 heavy (non-hydrogen) atoms. The molecular weight excluding hydrogens is 340 g/mol. The molecule has 3 aromatic rings. The molecule has 0 fully saturated rings. The molecule has 0 saturated carbocycles. The average molecular weight is 360 g/mol. The van der Waals surface area contributed by atoms with Gasteiger partial charge in [-0.2, -0.15) is 0 Å². The van der Waals surface area contributed by atoms with Crippen LogP contribution in [0.1, 0.15) is 5.56 Å². The molecule has 0 aliphatic carbocycles. The van der Waals surface area contributed by atoms with Crippen molar-refractivity contribution in [2.45, 2.75) is 0 Å². The van der Waals surface area contributed by atoms with Gasteiger partial charge in [-0.15, -0.1) is 0 Å². The van der Waals surface area contributed by atoms with Crippen molar-refractivity contribution in [1.29, 1.82) is 0 Å². The number of carbonyl (C=O) groups excluding carboxylic acids is 1. The number of benzene rings is 3. The van der Waals surface area contributed by atoms with Crippen molar-refractivity contribution >= 4 is 23.2 Å². The van der Waals surface area contributed by atoms with Crippen LogP contribution < -0.4 is 20.9 Å². The third-order valence-electron chi connectivity index (χ3n) is 3.69. The van der Waals surface area contributed by atoms with E-state index in [1.807, 2.05) is 84.9 Å². The van der Waals surface area contributed by atoms with Gasteiger partial charge in [-0.3, -0.25) is 10.9 Å². The Morgan fingerprint density at radius 2 is 1.44 bits per heavy atom. The summed E-state index contributed by atoms with van der Waals surface area (Å²) in [5.74, 6) is 1.25. The number of para-hydroxylation sites is 2. The maximum absolute atomic E-state index is 12.1. The minimum atomic E-state index is -0.393. The fraction of sp³-hybridized carbons (Fsp3) is 0.0476. The zero-order chi connectivity index (χ0) is 18.9. The first-order valence-electron chi connectivity index (χ1n) is 8.41. The predicted molar refractivity (Wildman–Crippen MR) is 107 cm³/mol. The van der Waals surface area contributed by atoms with E-state index in [0.29, 0.717) is 11.5 Å². The number of urea groups is 1. The number of hydrazine groups is 1. The van der Waals surface area contributed by atoms with Crippen molar-refractivity contribution in [3.05, 3.63) is 90.5 Å². The minimum Gasteiger partial charge on any atom is -0.497 e. The first kappa shape index (κ1) is 18.0. The monoisotopic (exact) mass is 360 g/mol. The normalized spacial score (nSPS) is 10.8. The van der Waals surface area contributed by atoms with E-state index in [1.54, 1.807) is 7.11 Å². The Labute approximate surface area is 157 Å². The highest BCUT2D eigenvalue weighted by Crippen LogP contribution is 2.15. The second kappa shape index (κ2) is 9.05. The molecular formula is C21H20N4O2. The van der Waals surface area contributed by atoms with Crippen LogP contribution in [0.25, 0.3) is 0 Å². The van der Waals surface area contributed by atoms with E-state index in [-0.39, 0.29) is 0 Å². The molecule has 3 rings (SSSR count). The summed E-state index contributed by atoms with van der Waals surface area (Å²) >= 11 is 0. The summed E-state index contributed by atoms with van der Waals surface area (Å²) in [6.45, 7) is 0. The fourth-order valence-electron chi connectivity index (χ4n) is 2.34. The lowest BCUT2D eigenvalue weighted by Gasteiger charge is -2.13. The predicted octanol–water partition coefficient (Wildman–Crippen LogP) is 4.10. The van der Waals surface area contributed by atoms with Crippen LogP contribution in [0.3, 0.4) is 0 Å². The topological polar surface area (TPSA) is 74.8 Å². The van der Waals surface area contributed by atoms with Crippen molar-refractivity contribution in [3.63, 3.8) is 0 Å². The highest BCUT2D eigenvalue weighted by molar-refractivity contribution is 6.02. The first-order valence-corrected chi connectivity index (χ1v) is 8.41. The lowest BCUT2D eigenvalue weighted by molar-refractivity contribution is 0.250. The van der Waals surface area contributed by atoms with Gasteiger partial charge in [0.25, 0.3) is 0 Å². The standard InChI is InChI=1S/C21H20N4O2/c1-27-19-14-12-16(13-15-19)20(22-17-8-4-2-5-9-17)24-25-21(26)23-18-10-6-3-7-11-18/h2-15H,1H3,(H,22,24)(H2,23,25,26). The van der Waals surface area contributed by atoms with Gasteiger partial charge in [0.1, 0.15) is 5.75 Å². The lowest BCUT2D eigenvalue weighted by atomic mass is 10.2. The Morgan fingerprint density at radius 3 is 2.07 bits per heavy atom. The lowest BCUT2D eigenvalue weighted by Crippen LogP contribution is -2.44. The number of amidine groups is 1. The summed E-state index contributed by atoms with van der Waals surface area (Å²) in [5, 5.41) is 2.74. The number of hydrogen-bond donors (Lipinski definition) is 3. The van der Waals surface area contributed by atoms with Gasteiger partial charge in [0.2, 0.25) is 0 Å². The molecule has 0 aromatic heterocycles. The van der Waals surface area contributed by atoms with Gasteiger partial charge in [0.05, 0.1) is 12.8 Å². The summed E-state index contributed by atoms with van der Waals surface area (Å²) in [6.07, 6.45) is 0. The van der Waals surface area contributed by atoms with Crippen molar-refractivity contribution in [3.8, 4) is 5.75 Å². The van der Waals surface area contributed by atoms with E-state index in [2.05, 4.69) is 21.2 Å². The molecule has 0 heterocycles. The van der Waals surface area contributed by atoms with Crippen molar-refractivity contribution < 1.29 is 9.53 Å². The van der Waals surface area contributed by atoms with Crippen LogP contribution in [-0.4, -0.2) is 19.0 Å². The van der Waals surface area contributed by atoms with Crippen LogP contribution in [0.2, 0.25) is 0 Å². The molecule has 3 N–H and O–H groups in total. The quantitative estimate of drug-likeness (QED) is 0.372. The Hall–Kier alpha value is -3.80. The van der Waals surface area contributed by atoms with Gasteiger partial charge in [0.15, 0.2) is 5.84 Å². The van der Waals surface area contributed by atoms with Gasteiger partial charge in [-0.25, -0.2) is 9.79 Å². The largest absolute Gasteiger partial charge is 0.497 e. The number of nitrogens with zero attached hydrogens (tertiary/aromatic N) is 1. The molecule has 0 aliphatic heterocycles. The number of methoxy groups -OCH3 is 1. The van der Waals surface area contributed by atoms with Crippen LogP contribution in [0.4, 0.5) is 16.2 Å². The zero-order valence-electron chi connectivity index (χ0n) is 14.8. The second-order valence-corrected chi connectivity index (χ2v) is 5.59. The summed E-state index contributed by atoms with van der Waals surface area (Å²) in [7, 11) is 1.61. The van der Waals surface area contributed by atoms with E-state index < -0.39 is 6.03 Å². The Balaban J connectivity index is 1.75. The van der Waals surface area contributed by atoms with Crippen LogP contribution in [0, 0.1) is 0 Å². The van der Waals surface area contributed by atoms with Crippen LogP contribution >= 0.6 is 0 Å². The van der Waals surface area contributed by atoms with E-state index in [0.717, 1.165) is 17.0 Å². The molecule has 0 unspecified atom stereocenters. The van der Waals surface area contributed by atoms with E-state index in [9.17, 15) is 4.79 Å². The van der Waals surface area contributed by atoms with Crippen molar-refractivity contribution in [2.75, 3.05) is 12.4 Å². The number of nitrogens with one attached hydrogen (secondary N) is 3. The molecule has 0 aliphatic rings. The molecule has 0 atom stereocenters. The fourth-order valence-corrected chi connectivity index (χ4v) is 2.34. The summed E-state index contributed by atoms with van der Waals surface area (Å²) in [4.78, 5) is 16.7. The number of ether oxygens (including phenoxy) is 1. The summed E-state index contributed by atoms with van der Waals surface area (Å²) in [6, 6.07) is 25.7. The number of carbonyl (C=O) groups is 1. The number of amides is 2. The highest BCUT2D eigenvalue weighted by Gasteiger charge is 2.07. The third-order valence-corrected chi connectivity index (χ3v) is 3.69. The van der Waals surface area contributed by atoms with Crippen LogP contribution in [0.5, 0.6) is 5.75 Å². The Morgan fingerprint density at radius 1 is 0.815 bits per heavy atom. The molecule has 0 spiro atoms. The van der Waals surface area contributed by atoms with E-state index in [4.69, 9.17) is 4.74 Å². The average Bonchev–Trinajstić information content (AvgIpc) is 2.73. The van der Waals surface area contributed by atoms with Crippen LogP contribution in [-0.2, 0) is 0 Å².